The molecule has 0 spiro atoms. The monoisotopic (exact) mass is 533 g/mol. The Morgan fingerprint density at radius 3 is 2.32 bits per heavy atom. The maximum atomic E-state index is 11.2. The summed E-state index contributed by atoms with van der Waals surface area (Å²) in [4.78, 5) is 17.8. The molecule has 1 aliphatic carbocycles. The number of halogens is 3. The molecule has 2 aliphatic rings. The maximum Gasteiger partial charge on any atom is 0.333 e. The Balaban J connectivity index is 0.00000193. The van der Waals surface area contributed by atoms with E-state index in [1.165, 1.54) is 5.56 Å². The van der Waals surface area contributed by atoms with E-state index in [0.29, 0.717) is 25.7 Å². The molecule has 2 aromatic rings. The first-order chi connectivity index (χ1) is 15.1. The highest BCUT2D eigenvalue weighted by Gasteiger charge is 2.55. The minimum Gasteiger partial charge on any atom is -0.492 e. The standard InChI is InChI=1S/C24H31N3O4.3ClH/c1-2-30-22(24(28)29)13-17-3-5-19(6-4-17)31-12-11-26-23-20-15-27(16-21(20)23)14-18-7-9-25-10-8-18;;;/h3-10,20-23,26H,2,11-16H2,1H3,(H,28,29);3*1H/t20-,21?,22-,23?;;;/m0.../s1. The van der Waals surface area contributed by atoms with E-state index in [0.717, 1.165) is 49.3 Å². The number of nitrogens with one attached hydrogen (secondary N) is 1. The van der Waals surface area contributed by atoms with Crippen LogP contribution < -0.4 is 10.1 Å². The number of benzene rings is 1. The van der Waals surface area contributed by atoms with Crippen LogP contribution in [0.4, 0.5) is 0 Å². The van der Waals surface area contributed by atoms with Crippen molar-refractivity contribution in [1.29, 1.82) is 0 Å². The number of carboxylic acids is 1. The van der Waals surface area contributed by atoms with Crippen LogP contribution in [-0.4, -0.2) is 66.0 Å². The Hall–Kier alpha value is -1.61. The zero-order chi connectivity index (χ0) is 21.6. The van der Waals surface area contributed by atoms with Crippen LogP contribution in [0.5, 0.6) is 5.75 Å². The molecular weight excluding hydrogens is 501 g/mol. The molecule has 0 radical (unpaired) electrons. The summed E-state index contributed by atoms with van der Waals surface area (Å²) in [5, 5.41) is 12.8. The fourth-order valence-corrected chi connectivity index (χ4v) is 4.54. The fourth-order valence-electron chi connectivity index (χ4n) is 4.54. The number of carboxylic acid groups (broad SMARTS) is 1. The summed E-state index contributed by atoms with van der Waals surface area (Å²) in [6, 6.07) is 12.4. The van der Waals surface area contributed by atoms with Crippen molar-refractivity contribution in [3.05, 3.63) is 59.9 Å². The molecule has 0 bridgehead atoms. The molecule has 0 amide bonds. The van der Waals surface area contributed by atoms with Crippen LogP contribution in [0.3, 0.4) is 0 Å². The van der Waals surface area contributed by atoms with Gasteiger partial charge < -0.3 is 19.9 Å². The van der Waals surface area contributed by atoms with Gasteiger partial charge >= 0.3 is 5.97 Å². The van der Waals surface area contributed by atoms with Gasteiger partial charge in [-0.3, -0.25) is 9.88 Å². The van der Waals surface area contributed by atoms with Gasteiger partial charge in [-0.05, 0) is 54.2 Å². The van der Waals surface area contributed by atoms with Crippen LogP contribution in [-0.2, 0) is 22.5 Å². The van der Waals surface area contributed by atoms with Crippen molar-refractivity contribution in [2.45, 2.75) is 32.0 Å². The van der Waals surface area contributed by atoms with Gasteiger partial charge in [-0.2, -0.15) is 0 Å². The minimum absolute atomic E-state index is 0. The van der Waals surface area contributed by atoms with Crippen LogP contribution >= 0.6 is 37.2 Å². The van der Waals surface area contributed by atoms with Crippen LogP contribution in [0.2, 0.25) is 0 Å². The number of pyridine rings is 1. The smallest absolute Gasteiger partial charge is 0.333 e. The Morgan fingerprint density at radius 1 is 1.09 bits per heavy atom. The quantitative estimate of drug-likeness (QED) is 0.403. The number of nitrogens with zero attached hydrogens (tertiary/aromatic N) is 2. The lowest BCUT2D eigenvalue weighted by Crippen LogP contribution is -2.33. The summed E-state index contributed by atoms with van der Waals surface area (Å²) in [6.45, 7) is 6.96. The van der Waals surface area contributed by atoms with Gasteiger partial charge in [-0.25, -0.2) is 4.79 Å². The van der Waals surface area contributed by atoms with Gasteiger partial charge in [0.1, 0.15) is 12.4 Å². The second-order valence-electron chi connectivity index (χ2n) is 8.34. The van der Waals surface area contributed by atoms with Gasteiger partial charge in [0.05, 0.1) is 0 Å². The predicted molar refractivity (Wildman–Crippen MR) is 139 cm³/mol. The Bertz CT molecular complexity index is 848. The second-order valence-corrected chi connectivity index (χ2v) is 8.34. The number of aliphatic carboxylic acids is 1. The van der Waals surface area contributed by atoms with E-state index in [9.17, 15) is 9.90 Å². The van der Waals surface area contributed by atoms with Crippen molar-refractivity contribution in [3.8, 4) is 5.75 Å². The molecular formula is C24H34Cl3N3O4. The summed E-state index contributed by atoms with van der Waals surface area (Å²) < 4.78 is 11.1. The van der Waals surface area contributed by atoms with Crippen molar-refractivity contribution >= 4 is 43.2 Å². The molecule has 2 fully saturated rings. The lowest BCUT2D eigenvalue weighted by Gasteiger charge is -2.19. The minimum atomic E-state index is -0.932. The molecule has 1 saturated heterocycles. The topological polar surface area (TPSA) is 83.9 Å². The number of carbonyl (C=O) groups is 1. The van der Waals surface area contributed by atoms with Gasteiger partial charge in [0.2, 0.25) is 0 Å². The highest BCUT2D eigenvalue weighted by molar-refractivity contribution is 5.86. The number of aromatic nitrogens is 1. The number of hydrogen-bond donors (Lipinski definition) is 2. The number of ether oxygens (including phenoxy) is 2. The third-order valence-electron chi connectivity index (χ3n) is 6.16. The molecule has 190 valence electrons. The third-order valence-corrected chi connectivity index (χ3v) is 6.16. The molecule has 4 rings (SSSR count). The summed E-state index contributed by atoms with van der Waals surface area (Å²) >= 11 is 0. The predicted octanol–water partition coefficient (Wildman–Crippen LogP) is 3.48. The Labute approximate surface area is 219 Å². The lowest BCUT2D eigenvalue weighted by atomic mass is 10.1. The number of rotatable bonds is 12. The number of piperidine rings is 1. The molecule has 2 N–H and O–H groups in total. The first-order valence-electron chi connectivity index (χ1n) is 11.0. The van der Waals surface area contributed by atoms with E-state index >= 15 is 0 Å². The van der Waals surface area contributed by atoms with Gasteiger partial charge in [0.25, 0.3) is 0 Å². The van der Waals surface area contributed by atoms with E-state index < -0.39 is 12.1 Å². The fraction of sp³-hybridized carbons (Fsp3) is 0.500. The molecule has 2 heterocycles. The lowest BCUT2D eigenvalue weighted by molar-refractivity contribution is -0.149. The molecule has 2 unspecified atom stereocenters. The van der Waals surface area contributed by atoms with Gasteiger partial charge in [0.15, 0.2) is 6.10 Å². The number of hydrogen-bond acceptors (Lipinski definition) is 6. The summed E-state index contributed by atoms with van der Waals surface area (Å²) in [5.41, 5.74) is 2.25. The zero-order valence-corrected chi connectivity index (χ0v) is 21.6. The Morgan fingerprint density at radius 2 is 1.74 bits per heavy atom. The molecule has 4 atom stereocenters. The first kappa shape index (κ1) is 30.4. The van der Waals surface area contributed by atoms with Crippen molar-refractivity contribution < 1.29 is 19.4 Å². The van der Waals surface area contributed by atoms with Crippen molar-refractivity contribution in [2.24, 2.45) is 11.8 Å². The average Bonchev–Trinajstić information content (AvgIpc) is 3.22. The largest absolute Gasteiger partial charge is 0.492 e. The molecule has 1 saturated carbocycles. The number of fused-ring (bicyclic) bond motifs is 1. The third kappa shape index (κ3) is 8.26. The van der Waals surface area contributed by atoms with Gasteiger partial charge in [0, 0.05) is 57.6 Å². The van der Waals surface area contributed by atoms with Gasteiger partial charge in [-0.1, -0.05) is 12.1 Å². The molecule has 1 aromatic heterocycles. The second kappa shape index (κ2) is 14.7. The zero-order valence-electron chi connectivity index (χ0n) is 19.2. The molecule has 34 heavy (non-hydrogen) atoms. The van der Waals surface area contributed by atoms with Crippen LogP contribution in [0, 0.1) is 11.8 Å². The molecule has 10 heteroatoms. The summed E-state index contributed by atoms with van der Waals surface area (Å²) in [7, 11) is 0. The van der Waals surface area contributed by atoms with E-state index in [1.807, 2.05) is 36.7 Å². The van der Waals surface area contributed by atoms with E-state index in [4.69, 9.17) is 9.47 Å². The Kier molecular flexibility index (Phi) is 13.2. The van der Waals surface area contributed by atoms with Crippen molar-refractivity contribution in [2.75, 3.05) is 32.8 Å². The van der Waals surface area contributed by atoms with E-state index in [-0.39, 0.29) is 37.2 Å². The SMILES string of the molecule is CCO[C@@H](Cc1ccc(OCCNC2C3CN(Cc4ccncc4)C[C@@H]32)cc1)C(=O)O.Cl.Cl.Cl. The normalized spacial score (nSPS) is 21.3. The maximum absolute atomic E-state index is 11.2. The number of likely N-dealkylation sites (tertiary alicyclic amines) is 1. The molecule has 1 aromatic carbocycles. The highest BCUT2D eigenvalue weighted by Crippen LogP contribution is 2.45. The highest BCUT2D eigenvalue weighted by atomic mass is 35.5. The van der Waals surface area contributed by atoms with Crippen molar-refractivity contribution in [3.63, 3.8) is 0 Å². The van der Waals surface area contributed by atoms with Gasteiger partial charge in [-0.15, -0.1) is 37.2 Å². The first-order valence-corrected chi connectivity index (χ1v) is 11.0. The van der Waals surface area contributed by atoms with Crippen LogP contribution in [0.1, 0.15) is 18.1 Å². The average molecular weight is 535 g/mol. The van der Waals surface area contributed by atoms with E-state index in [2.05, 4.69) is 27.3 Å². The molecule has 1 aliphatic heterocycles. The summed E-state index contributed by atoms with van der Waals surface area (Å²) in [5.74, 6) is 1.38. The van der Waals surface area contributed by atoms with Crippen LogP contribution in [0.25, 0.3) is 0 Å². The van der Waals surface area contributed by atoms with Crippen molar-refractivity contribution in [1.82, 2.24) is 15.2 Å². The van der Waals surface area contributed by atoms with Crippen LogP contribution in [0.15, 0.2) is 48.8 Å². The van der Waals surface area contributed by atoms with E-state index in [1.54, 1.807) is 6.92 Å². The molecule has 7 nitrogen and oxygen atoms in total. The summed E-state index contributed by atoms with van der Waals surface area (Å²) in [6.07, 6.45) is 3.27.